The van der Waals surface area contributed by atoms with Crippen LogP contribution in [0.3, 0.4) is 0 Å². The van der Waals surface area contributed by atoms with Crippen molar-refractivity contribution in [2.24, 2.45) is 0 Å². The van der Waals surface area contributed by atoms with E-state index >= 15 is 0 Å². The number of benzene rings is 1. The normalized spacial score (nSPS) is 11.8. The van der Waals surface area contributed by atoms with E-state index in [1.165, 1.54) is 20.9 Å². The van der Waals surface area contributed by atoms with Gasteiger partial charge < -0.3 is 5.32 Å². The zero-order valence-electron chi connectivity index (χ0n) is 11.2. The minimum atomic E-state index is 0.957. The van der Waals surface area contributed by atoms with Gasteiger partial charge in [-0.05, 0) is 37.7 Å². The Kier molecular flexibility index (Phi) is 5.37. The second-order valence-corrected chi connectivity index (χ2v) is 6.42. The molecule has 3 heteroatoms. The van der Waals surface area contributed by atoms with Crippen molar-refractivity contribution in [3.63, 3.8) is 0 Å². The van der Waals surface area contributed by atoms with E-state index in [0.717, 1.165) is 17.6 Å². The molecule has 0 aliphatic heterocycles. The largest absolute Gasteiger partial charge is 0.313 e. The molecule has 1 aromatic carbocycles. The Labute approximate surface area is 127 Å². The molecule has 1 nitrogen and oxygen atoms in total. The van der Waals surface area contributed by atoms with Gasteiger partial charge in [0.2, 0.25) is 0 Å². The average Bonchev–Trinajstić information content (AvgIpc) is 2.85. The predicted molar refractivity (Wildman–Crippen MR) is 89.6 cm³/mol. The zero-order valence-corrected chi connectivity index (χ0v) is 13.6. The highest BCUT2D eigenvalue weighted by Crippen LogP contribution is 2.34. The molecule has 0 radical (unpaired) electrons. The molecular formula is C16H18BrNS. The molecule has 0 saturated heterocycles. The second kappa shape index (κ2) is 7.04. The summed E-state index contributed by atoms with van der Waals surface area (Å²) >= 11 is 5.44. The minimum absolute atomic E-state index is 0.957. The molecule has 0 atom stereocenters. The van der Waals surface area contributed by atoms with Gasteiger partial charge in [-0.3, -0.25) is 0 Å². The molecule has 0 spiro atoms. The molecule has 0 aliphatic rings. The van der Waals surface area contributed by atoms with Crippen molar-refractivity contribution in [1.82, 2.24) is 5.32 Å². The summed E-state index contributed by atoms with van der Waals surface area (Å²) in [5.74, 6) is 0. The highest BCUT2D eigenvalue weighted by molar-refractivity contribution is 9.10. The second-order valence-electron chi connectivity index (χ2n) is 4.45. The third kappa shape index (κ3) is 4.03. The summed E-state index contributed by atoms with van der Waals surface area (Å²) < 4.78 is 1.15. The smallest absolute Gasteiger partial charge is 0.0360 e. The Balaban J connectivity index is 2.18. The molecule has 2 aromatic rings. The molecule has 1 aromatic heterocycles. The van der Waals surface area contributed by atoms with Gasteiger partial charge in [-0.25, -0.2) is 0 Å². The van der Waals surface area contributed by atoms with Crippen LogP contribution in [-0.2, 0) is 0 Å². The molecule has 0 fully saturated rings. The van der Waals surface area contributed by atoms with Crippen LogP contribution in [0.25, 0.3) is 16.5 Å². The van der Waals surface area contributed by atoms with Crippen LogP contribution in [0.2, 0.25) is 0 Å². The molecule has 19 heavy (non-hydrogen) atoms. The van der Waals surface area contributed by atoms with Crippen LogP contribution in [0.1, 0.15) is 18.7 Å². The fourth-order valence-corrected chi connectivity index (χ4v) is 3.56. The fraction of sp³-hybridized carbons (Fsp3) is 0.250. The quantitative estimate of drug-likeness (QED) is 0.792. The maximum Gasteiger partial charge on any atom is 0.0360 e. The van der Waals surface area contributed by atoms with Crippen molar-refractivity contribution in [3.8, 4) is 10.4 Å². The number of hydrogen-bond acceptors (Lipinski definition) is 2. The van der Waals surface area contributed by atoms with Gasteiger partial charge in [0.25, 0.3) is 0 Å². The Hall–Kier alpha value is -0.900. The van der Waals surface area contributed by atoms with E-state index < -0.39 is 0 Å². The first kappa shape index (κ1) is 14.5. The molecule has 100 valence electrons. The summed E-state index contributed by atoms with van der Waals surface area (Å²) in [6.45, 7) is 6.26. The summed E-state index contributed by atoms with van der Waals surface area (Å²) in [6.07, 6.45) is 2.26. The summed E-state index contributed by atoms with van der Waals surface area (Å²) in [7, 11) is 0. The zero-order chi connectivity index (χ0) is 13.7. The lowest BCUT2D eigenvalue weighted by atomic mass is 10.2. The molecule has 1 heterocycles. The van der Waals surface area contributed by atoms with Crippen molar-refractivity contribution in [2.75, 3.05) is 13.1 Å². The van der Waals surface area contributed by atoms with Crippen LogP contribution in [-0.4, -0.2) is 13.1 Å². The van der Waals surface area contributed by atoms with E-state index in [0.29, 0.717) is 0 Å². The molecular weight excluding hydrogens is 318 g/mol. The van der Waals surface area contributed by atoms with Gasteiger partial charge in [-0.15, -0.1) is 11.3 Å². The van der Waals surface area contributed by atoms with Gasteiger partial charge in [0.1, 0.15) is 0 Å². The van der Waals surface area contributed by atoms with Gasteiger partial charge in [-0.1, -0.05) is 46.6 Å². The standard InChI is InChI=1S/C16H18BrNS/c1-3-18-11-12(2)10-13-8-9-16(19-13)14-6-4-5-7-15(14)17/h4-10,18H,3,11H2,1-2H3. The van der Waals surface area contributed by atoms with Crippen LogP contribution in [0.5, 0.6) is 0 Å². The lowest BCUT2D eigenvalue weighted by Gasteiger charge is -2.01. The van der Waals surface area contributed by atoms with E-state index in [1.807, 2.05) is 17.4 Å². The number of likely N-dealkylation sites (N-methyl/N-ethyl adjacent to an activating group) is 1. The van der Waals surface area contributed by atoms with Crippen LogP contribution < -0.4 is 5.32 Å². The molecule has 0 amide bonds. The average molecular weight is 336 g/mol. The van der Waals surface area contributed by atoms with Crippen LogP contribution in [0.4, 0.5) is 0 Å². The topological polar surface area (TPSA) is 12.0 Å². The van der Waals surface area contributed by atoms with Crippen LogP contribution in [0.15, 0.2) is 46.4 Å². The molecule has 0 unspecified atom stereocenters. The van der Waals surface area contributed by atoms with E-state index in [-0.39, 0.29) is 0 Å². The van der Waals surface area contributed by atoms with Crippen molar-refractivity contribution >= 4 is 33.3 Å². The monoisotopic (exact) mass is 335 g/mol. The Bertz CT molecular complexity index is 572. The molecule has 1 N–H and O–H groups in total. The molecule has 0 bridgehead atoms. The molecule has 2 rings (SSSR count). The maximum atomic E-state index is 3.61. The predicted octanol–water partition coefficient (Wildman–Crippen LogP) is 5.19. The Morgan fingerprint density at radius 1 is 1.26 bits per heavy atom. The molecule has 0 saturated carbocycles. The molecule has 0 aliphatic carbocycles. The third-order valence-corrected chi connectivity index (χ3v) is 4.57. The van der Waals surface area contributed by atoms with E-state index in [1.54, 1.807) is 0 Å². The number of nitrogens with one attached hydrogen (secondary N) is 1. The van der Waals surface area contributed by atoms with Gasteiger partial charge in [-0.2, -0.15) is 0 Å². The van der Waals surface area contributed by atoms with Crippen molar-refractivity contribution < 1.29 is 0 Å². The number of hydrogen-bond donors (Lipinski definition) is 1. The Morgan fingerprint density at radius 2 is 2.05 bits per heavy atom. The number of thiophene rings is 1. The minimum Gasteiger partial charge on any atom is -0.313 e. The van der Waals surface area contributed by atoms with Gasteiger partial charge >= 0.3 is 0 Å². The van der Waals surface area contributed by atoms with Crippen molar-refractivity contribution in [3.05, 3.63) is 51.3 Å². The van der Waals surface area contributed by atoms with Crippen LogP contribution in [0, 0.1) is 0 Å². The van der Waals surface area contributed by atoms with Crippen LogP contribution >= 0.6 is 27.3 Å². The number of halogens is 1. The third-order valence-electron chi connectivity index (χ3n) is 2.81. The maximum absolute atomic E-state index is 3.61. The van der Waals surface area contributed by atoms with Crippen molar-refractivity contribution in [1.29, 1.82) is 0 Å². The lowest BCUT2D eigenvalue weighted by Crippen LogP contribution is -2.14. The fourth-order valence-electron chi connectivity index (χ4n) is 1.85. The van der Waals surface area contributed by atoms with Crippen molar-refractivity contribution in [2.45, 2.75) is 13.8 Å². The summed E-state index contributed by atoms with van der Waals surface area (Å²) in [4.78, 5) is 2.61. The highest BCUT2D eigenvalue weighted by Gasteiger charge is 2.05. The van der Waals surface area contributed by atoms with E-state index in [4.69, 9.17) is 0 Å². The SMILES string of the molecule is CCNCC(C)=Cc1ccc(-c2ccccc2Br)s1. The van der Waals surface area contributed by atoms with E-state index in [9.17, 15) is 0 Å². The summed E-state index contributed by atoms with van der Waals surface area (Å²) in [5, 5.41) is 3.34. The number of rotatable bonds is 5. The van der Waals surface area contributed by atoms with Gasteiger partial charge in [0.15, 0.2) is 0 Å². The first-order chi connectivity index (χ1) is 9.20. The highest BCUT2D eigenvalue weighted by atomic mass is 79.9. The lowest BCUT2D eigenvalue weighted by molar-refractivity contribution is 0.779. The van der Waals surface area contributed by atoms with Gasteiger partial charge in [0.05, 0.1) is 0 Å². The summed E-state index contributed by atoms with van der Waals surface area (Å²) in [5.41, 5.74) is 2.62. The van der Waals surface area contributed by atoms with E-state index in [2.05, 4.69) is 71.5 Å². The van der Waals surface area contributed by atoms with Gasteiger partial charge in [0, 0.05) is 26.3 Å². The summed E-state index contributed by atoms with van der Waals surface area (Å²) in [6, 6.07) is 12.7. The first-order valence-electron chi connectivity index (χ1n) is 6.43. The first-order valence-corrected chi connectivity index (χ1v) is 8.04. The Morgan fingerprint density at radius 3 is 2.79 bits per heavy atom.